The monoisotopic (exact) mass is 500 g/mol. The molecular weight excluding hydrogens is 480 g/mol. The molecule has 5 heteroatoms. The smallest absolute Gasteiger partial charge is 0.430 e. The first-order chi connectivity index (χ1) is 14.5. The standard InChI is InChI=1S/C26H21F3P.BrH/c27-26(28,29)25(21-13-5-1-6-14-21)30(22-15-7-2-8-16-22,23-17-9-3-10-18-23)24-19-11-4-12-20-24;/h1-20,25H;1H/q+1;/p-1. The molecule has 31 heavy (non-hydrogen) atoms. The van der Waals surface area contributed by atoms with E-state index in [1.54, 1.807) is 30.3 Å². The van der Waals surface area contributed by atoms with E-state index in [4.69, 9.17) is 0 Å². The largest absolute Gasteiger partial charge is 1.00 e. The maximum absolute atomic E-state index is 15.0. The van der Waals surface area contributed by atoms with E-state index in [-0.39, 0.29) is 22.5 Å². The molecule has 1 atom stereocenters. The van der Waals surface area contributed by atoms with Crippen LogP contribution in [0.4, 0.5) is 13.2 Å². The van der Waals surface area contributed by atoms with Gasteiger partial charge in [0, 0.05) is 5.56 Å². The minimum Gasteiger partial charge on any atom is -1.00 e. The highest BCUT2D eigenvalue weighted by atomic mass is 79.9. The Labute approximate surface area is 191 Å². The third kappa shape index (κ3) is 4.46. The average Bonchev–Trinajstić information content (AvgIpc) is 2.79. The summed E-state index contributed by atoms with van der Waals surface area (Å²) < 4.78 is 45.0. The minimum absolute atomic E-state index is 0. The van der Waals surface area contributed by atoms with E-state index in [0.29, 0.717) is 15.9 Å². The van der Waals surface area contributed by atoms with E-state index in [1.165, 1.54) is 0 Å². The van der Waals surface area contributed by atoms with Crippen molar-refractivity contribution in [3.8, 4) is 0 Å². The summed E-state index contributed by atoms with van der Waals surface area (Å²) >= 11 is 0. The van der Waals surface area contributed by atoms with Crippen LogP contribution in [0.5, 0.6) is 0 Å². The summed E-state index contributed by atoms with van der Waals surface area (Å²) in [6, 6.07) is 35.9. The van der Waals surface area contributed by atoms with Crippen LogP contribution in [0.1, 0.15) is 11.2 Å². The van der Waals surface area contributed by atoms with E-state index >= 15 is 0 Å². The SMILES string of the molecule is FC(F)(F)C(c1ccccc1)[P+](c1ccccc1)(c1ccccc1)c1ccccc1.[Br-]. The highest BCUT2D eigenvalue weighted by molar-refractivity contribution is 7.96. The first-order valence-corrected chi connectivity index (χ1v) is 11.6. The number of benzene rings is 4. The zero-order valence-electron chi connectivity index (χ0n) is 16.6. The van der Waals surface area contributed by atoms with Gasteiger partial charge in [-0.05, 0) is 36.4 Å². The summed E-state index contributed by atoms with van der Waals surface area (Å²) in [6.07, 6.45) is -4.43. The molecule has 4 aromatic rings. The van der Waals surface area contributed by atoms with E-state index in [9.17, 15) is 13.2 Å². The van der Waals surface area contributed by atoms with Crippen LogP contribution in [0.2, 0.25) is 0 Å². The summed E-state index contributed by atoms with van der Waals surface area (Å²) in [5.41, 5.74) is -1.37. The maximum Gasteiger partial charge on any atom is 0.430 e. The van der Waals surface area contributed by atoms with E-state index < -0.39 is 19.1 Å². The molecule has 4 aromatic carbocycles. The molecule has 0 spiro atoms. The summed E-state index contributed by atoms with van der Waals surface area (Å²) in [5.74, 6) is 0. The van der Waals surface area contributed by atoms with Gasteiger partial charge in [0.1, 0.15) is 23.2 Å². The van der Waals surface area contributed by atoms with Gasteiger partial charge in [0.25, 0.3) is 0 Å². The normalized spacial score (nSPS) is 12.6. The van der Waals surface area contributed by atoms with Crippen LogP contribution in [0, 0.1) is 0 Å². The van der Waals surface area contributed by atoms with Crippen molar-refractivity contribution < 1.29 is 30.2 Å². The van der Waals surface area contributed by atoms with Crippen molar-refractivity contribution in [3.63, 3.8) is 0 Å². The summed E-state index contributed by atoms with van der Waals surface area (Å²) in [7, 11) is -3.13. The Hall–Kier alpha value is -2.42. The highest BCUT2D eigenvalue weighted by Gasteiger charge is 2.64. The van der Waals surface area contributed by atoms with Gasteiger partial charge < -0.3 is 17.0 Å². The number of alkyl halides is 3. The molecule has 0 aliphatic carbocycles. The third-order valence-corrected chi connectivity index (χ3v) is 10.0. The predicted octanol–water partition coefficient (Wildman–Crippen LogP) is 3.29. The molecule has 4 rings (SSSR count). The molecule has 0 amide bonds. The highest BCUT2D eigenvalue weighted by Crippen LogP contribution is 2.71. The molecule has 0 radical (unpaired) electrons. The molecule has 0 bridgehead atoms. The molecule has 0 heterocycles. The van der Waals surface area contributed by atoms with Gasteiger partial charge >= 0.3 is 6.18 Å². The van der Waals surface area contributed by atoms with Crippen LogP contribution >= 0.6 is 7.26 Å². The zero-order valence-corrected chi connectivity index (χ0v) is 19.1. The van der Waals surface area contributed by atoms with Gasteiger partial charge in [-0.3, -0.25) is 0 Å². The summed E-state index contributed by atoms with van der Waals surface area (Å²) in [5, 5.41) is 2.15. The maximum atomic E-state index is 15.0. The molecule has 0 aromatic heterocycles. The van der Waals surface area contributed by atoms with Crippen molar-refractivity contribution in [2.45, 2.75) is 11.8 Å². The average molecular weight is 501 g/mol. The lowest BCUT2D eigenvalue weighted by molar-refractivity contribution is -0.131. The van der Waals surface area contributed by atoms with Crippen LogP contribution in [-0.4, -0.2) is 6.18 Å². The Morgan fingerprint density at radius 3 is 1.06 bits per heavy atom. The van der Waals surface area contributed by atoms with E-state index in [2.05, 4.69) is 0 Å². The zero-order chi connectivity index (χ0) is 21.0. The molecule has 0 fully saturated rings. The quantitative estimate of drug-likeness (QED) is 0.369. The lowest BCUT2D eigenvalue weighted by Gasteiger charge is -2.36. The number of rotatable bonds is 5. The second kappa shape index (κ2) is 9.80. The van der Waals surface area contributed by atoms with Gasteiger partial charge in [0.15, 0.2) is 0 Å². The first kappa shape index (κ1) is 23.2. The van der Waals surface area contributed by atoms with Crippen molar-refractivity contribution >= 4 is 23.2 Å². The van der Waals surface area contributed by atoms with Gasteiger partial charge in [0.05, 0.1) is 0 Å². The van der Waals surface area contributed by atoms with Gasteiger partial charge in [-0.15, -0.1) is 0 Å². The Balaban J connectivity index is 0.00000272. The van der Waals surface area contributed by atoms with E-state index in [1.807, 2.05) is 91.0 Å². The molecule has 0 nitrogen and oxygen atoms in total. The Morgan fingerprint density at radius 2 is 0.774 bits per heavy atom. The van der Waals surface area contributed by atoms with Crippen LogP contribution in [0.3, 0.4) is 0 Å². The molecule has 0 aliphatic heterocycles. The van der Waals surface area contributed by atoms with Gasteiger partial charge in [0.2, 0.25) is 5.66 Å². The fraction of sp³-hybridized carbons (Fsp3) is 0.0769. The molecule has 0 saturated heterocycles. The van der Waals surface area contributed by atoms with Crippen molar-refractivity contribution in [1.82, 2.24) is 0 Å². The molecule has 1 unspecified atom stereocenters. The number of halogens is 4. The fourth-order valence-electron chi connectivity index (χ4n) is 4.15. The number of hydrogen-bond donors (Lipinski definition) is 0. The van der Waals surface area contributed by atoms with Gasteiger partial charge in [-0.1, -0.05) is 84.9 Å². The second-order valence-electron chi connectivity index (χ2n) is 7.08. The summed E-state index contributed by atoms with van der Waals surface area (Å²) in [6.45, 7) is 0. The van der Waals surface area contributed by atoms with Gasteiger partial charge in [-0.25, -0.2) is 0 Å². The van der Waals surface area contributed by atoms with Crippen molar-refractivity contribution in [3.05, 3.63) is 127 Å². The number of hydrogen-bond acceptors (Lipinski definition) is 0. The van der Waals surface area contributed by atoms with Crippen LogP contribution < -0.4 is 32.9 Å². The van der Waals surface area contributed by atoms with Crippen molar-refractivity contribution in [1.29, 1.82) is 0 Å². The van der Waals surface area contributed by atoms with Crippen LogP contribution in [0.25, 0.3) is 0 Å². The van der Waals surface area contributed by atoms with Crippen LogP contribution in [0.15, 0.2) is 121 Å². The molecular formula is C26H21BrF3P. The Bertz CT molecular complexity index is 973. The molecule has 0 N–H and O–H groups in total. The summed E-state index contributed by atoms with van der Waals surface area (Å²) in [4.78, 5) is 0. The van der Waals surface area contributed by atoms with Gasteiger partial charge in [-0.2, -0.15) is 13.2 Å². The molecule has 158 valence electrons. The Morgan fingerprint density at radius 1 is 0.484 bits per heavy atom. The topological polar surface area (TPSA) is 0 Å². The predicted molar refractivity (Wildman–Crippen MR) is 120 cm³/mol. The molecule has 0 aliphatic rings. The minimum atomic E-state index is -4.43. The Kier molecular flexibility index (Phi) is 7.35. The fourth-order valence-corrected chi connectivity index (χ4v) is 8.93. The lowest BCUT2D eigenvalue weighted by atomic mass is 10.1. The molecule has 0 saturated carbocycles. The first-order valence-electron chi connectivity index (χ1n) is 9.72. The van der Waals surface area contributed by atoms with E-state index in [0.717, 1.165) is 0 Å². The van der Waals surface area contributed by atoms with Crippen molar-refractivity contribution in [2.75, 3.05) is 0 Å². The second-order valence-corrected chi connectivity index (χ2v) is 10.6. The van der Waals surface area contributed by atoms with Crippen molar-refractivity contribution in [2.24, 2.45) is 0 Å². The lowest BCUT2D eigenvalue weighted by Crippen LogP contribution is -3.00. The van der Waals surface area contributed by atoms with Crippen LogP contribution in [-0.2, 0) is 0 Å². The third-order valence-electron chi connectivity index (χ3n) is 5.30.